The molecule has 0 amide bonds. The lowest BCUT2D eigenvalue weighted by molar-refractivity contribution is 0.583. The molecule has 0 fully saturated rings. The van der Waals surface area contributed by atoms with Crippen molar-refractivity contribution in [3.05, 3.63) is 28.3 Å². The molecule has 2 N–H and O–H groups in total. The average molecular weight is 276 g/mol. The van der Waals surface area contributed by atoms with Crippen LogP contribution in [0.25, 0.3) is 0 Å². The molecule has 17 heavy (non-hydrogen) atoms. The Labute approximate surface area is 108 Å². The molecule has 0 aliphatic rings. The summed E-state index contributed by atoms with van der Waals surface area (Å²) in [6.07, 6.45) is 0.537. The van der Waals surface area contributed by atoms with E-state index < -0.39 is 10.0 Å². The zero-order chi connectivity index (χ0) is 13.4. The second-order valence-electron chi connectivity index (χ2n) is 5.08. The molecule has 1 rings (SSSR count). The summed E-state index contributed by atoms with van der Waals surface area (Å²) in [7, 11) is -3.74. The Hall–Kier alpha value is -0.580. The van der Waals surface area contributed by atoms with E-state index in [1.807, 2.05) is 33.8 Å². The first kappa shape index (κ1) is 14.5. The van der Waals surface area contributed by atoms with E-state index in [0.717, 1.165) is 5.56 Å². The Morgan fingerprint density at radius 2 is 1.82 bits per heavy atom. The fraction of sp³-hybridized carbons (Fsp3) is 0.500. The molecule has 0 aromatic heterocycles. The van der Waals surface area contributed by atoms with Crippen molar-refractivity contribution in [2.45, 2.75) is 44.4 Å². The van der Waals surface area contributed by atoms with Crippen LogP contribution in [-0.2, 0) is 21.9 Å². The van der Waals surface area contributed by atoms with Gasteiger partial charge in [-0.1, -0.05) is 39.3 Å². The predicted molar refractivity (Wildman–Crippen MR) is 70.9 cm³/mol. The summed E-state index contributed by atoms with van der Waals surface area (Å²) in [6, 6.07) is 3.44. The lowest BCUT2D eigenvalue weighted by Crippen LogP contribution is -2.18. The standard InChI is InChI=1S/C12H18ClNO2S/c1-5-9-10(13)6-8(12(2,3)4)7-11(9)17(14,15)16/h6-7H,5H2,1-4H3,(H2,14,15,16). The number of halogens is 1. The predicted octanol–water partition coefficient (Wildman–Crippen LogP) is 2.85. The van der Waals surface area contributed by atoms with Crippen molar-refractivity contribution in [2.24, 2.45) is 5.14 Å². The maximum atomic E-state index is 11.6. The summed E-state index contributed by atoms with van der Waals surface area (Å²) in [5.41, 5.74) is 1.28. The summed E-state index contributed by atoms with van der Waals surface area (Å²) >= 11 is 6.13. The SMILES string of the molecule is CCc1c(Cl)cc(C(C)(C)C)cc1S(N)(=O)=O. The number of primary sulfonamides is 1. The van der Waals surface area contributed by atoms with Crippen molar-refractivity contribution < 1.29 is 8.42 Å². The third kappa shape index (κ3) is 3.21. The van der Waals surface area contributed by atoms with Crippen LogP contribution in [0.2, 0.25) is 5.02 Å². The molecule has 0 heterocycles. The monoisotopic (exact) mass is 275 g/mol. The molecule has 0 aliphatic heterocycles. The van der Waals surface area contributed by atoms with Gasteiger partial charge < -0.3 is 0 Å². The molecule has 1 aromatic rings. The van der Waals surface area contributed by atoms with E-state index >= 15 is 0 Å². The van der Waals surface area contributed by atoms with Crippen LogP contribution >= 0.6 is 11.6 Å². The van der Waals surface area contributed by atoms with Gasteiger partial charge in [0.15, 0.2) is 0 Å². The lowest BCUT2D eigenvalue weighted by atomic mass is 9.86. The zero-order valence-electron chi connectivity index (χ0n) is 10.5. The molecule has 0 radical (unpaired) electrons. The largest absolute Gasteiger partial charge is 0.238 e. The number of hydrogen-bond donors (Lipinski definition) is 1. The van der Waals surface area contributed by atoms with E-state index in [1.165, 1.54) is 0 Å². The van der Waals surface area contributed by atoms with Crippen molar-refractivity contribution >= 4 is 21.6 Å². The Bertz CT molecular complexity index is 530. The van der Waals surface area contributed by atoms with E-state index in [1.54, 1.807) is 6.07 Å². The van der Waals surface area contributed by atoms with E-state index in [2.05, 4.69) is 0 Å². The average Bonchev–Trinajstić information content (AvgIpc) is 2.13. The van der Waals surface area contributed by atoms with Crippen LogP contribution in [0.15, 0.2) is 17.0 Å². The fourth-order valence-corrected chi connectivity index (χ4v) is 2.94. The molecular weight excluding hydrogens is 258 g/mol. The maximum absolute atomic E-state index is 11.6. The minimum Gasteiger partial charge on any atom is -0.225 e. The highest BCUT2D eigenvalue weighted by Crippen LogP contribution is 2.31. The Kier molecular flexibility index (Phi) is 3.91. The third-order valence-corrected chi connectivity index (χ3v) is 4.00. The van der Waals surface area contributed by atoms with Gasteiger partial charge in [-0.05, 0) is 35.1 Å². The number of sulfonamides is 1. The summed E-state index contributed by atoms with van der Waals surface area (Å²) in [5, 5.41) is 5.69. The van der Waals surface area contributed by atoms with Gasteiger partial charge in [0.25, 0.3) is 0 Å². The van der Waals surface area contributed by atoms with Crippen LogP contribution < -0.4 is 5.14 Å². The minimum absolute atomic E-state index is 0.137. The van der Waals surface area contributed by atoms with E-state index in [0.29, 0.717) is 17.0 Å². The quantitative estimate of drug-likeness (QED) is 0.902. The zero-order valence-corrected chi connectivity index (χ0v) is 12.1. The smallest absolute Gasteiger partial charge is 0.225 e. The van der Waals surface area contributed by atoms with Crippen LogP contribution in [0.1, 0.15) is 38.8 Å². The van der Waals surface area contributed by atoms with Crippen molar-refractivity contribution in [2.75, 3.05) is 0 Å². The first-order chi connectivity index (χ1) is 7.57. The van der Waals surface area contributed by atoms with Gasteiger partial charge in [-0.15, -0.1) is 0 Å². The third-order valence-electron chi connectivity index (χ3n) is 2.68. The van der Waals surface area contributed by atoms with Crippen LogP contribution in [0.3, 0.4) is 0 Å². The van der Waals surface area contributed by atoms with Crippen LogP contribution in [0.4, 0.5) is 0 Å². The number of benzene rings is 1. The number of hydrogen-bond acceptors (Lipinski definition) is 2. The van der Waals surface area contributed by atoms with Gasteiger partial charge in [0.1, 0.15) is 0 Å². The van der Waals surface area contributed by atoms with Crippen LogP contribution in [0.5, 0.6) is 0 Å². The molecule has 0 saturated carbocycles. The van der Waals surface area contributed by atoms with E-state index in [4.69, 9.17) is 16.7 Å². The highest BCUT2D eigenvalue weighted by molar-refractivity contribution is 7.89. The lowest BCUT2D eigenvalue weighted by Gasteiger charge is -2.21. The van der Waals surface area contributed by atoms with Gasteiger partial charge in [-0.2, -0.15) is 0 Å². The van der Waals surface area contributed by atoms with Gasteiger partial charge >= 0.3 is 0 Å². The van der Waals surface area contributed by atoms with Crippen molar-refractivity contribution in [3.63, 3.8) is 0 Å². The molecule has 0 saturated heterocycles. The molecule has 3 nitrogen and oxygen atoms in total. The van der Waals surface area contributed by atoms with Gasteiger partial charge in [0.05, 0.1) is 4.90 Å². The van der Waals surface area contributed by atoms with Crippen molar-refractivity contribution in [3.8, 4) is 0 Å². The van der Waals surface area contributed by atoms with Crippen molar-refractivity contribution in [1.82, 2.24) is 0 Å². The normalized spacial score (nSPS) is 12.8. The highest BCUT2D eigenvalue weighted by atomic mass is 35.5. The number of rotatable bonds is 2. The van der Waals surface area contributed by atoms with E-state index in [-0.39, 0.29) is 10.3 Å². The Morgan fingerprint density at radius 1 is 1.29 bits per heavy atom. The summed E-state index contributed by atoms with van der Waals surface area (Å²) < 4.78 is 23.1. The van der Waals surface area contributed by atoms with E-state index in [9.17, 15) is 8.42 Å². The fourth-order valence-electron chi connectivity index (χ4n) is 1.64. The first-order valence-electron chi connectivity index (χ1n) is 5.43. The molecule has 0 unspecified atom stereocenters. The first-order valence-corrected chi connectivity index (χ1v) is 7.35. The molecule has 1 aromatic carbocycles. The molecule has 0 aliphatic carbocycles. The second kappa shape index (κ2) is 4.59. The summed E-state index contributed by atoms with van der Waals surface area (Å²) in [6.45, 7) is 7.85. The Balaban J connectivity index is 3.63. The molecule has 0 atom stereocenters. The van der Waals surface area contributed by atoms with Crippen LogP contribution in [0, 0.1) is 0 Å². The molecule has 5 heteroatoms. The Morgan fingerprint density at radius 3 is 2.18 bits per heavy atom. The minimum atomic E-state index is -3.74. The molecule has 0 spiro atoms. The summed E-state index contributed by atoms with van der Waals surface area (Å²) in [5.74, 6) is 0. The molecule has 96 valence electrons. The van der Waals surface area contributed by atoms with Crippen molar-refractivity contribution in [1.29, 1.82) is 0 Å². The van der Waals surface area contributed by atoms with Gasteiger partial charge in [-0.25, -0.2) is 13.6 Å². The molecule has 0 bridgehead atoms. The van der Waals surface area contributed by atoms with Gasteiger partial charge in [-0.3, -0.25) is 0 Å². The van der Waals surface area contributed by atoms with Gasteiger partial charge in [0, 0.05) is 5.02 Å². The topological polar surface area (TPSA) is 60.2 Å². The second-order valence-corrected chi connectivity index (χ2v) is 7.02. The number of nitrogens with two attached hydrogens (primary N) is 1. The van der Waals surface area contributed by atoms with Gasteiger partial charge in [0.2, 0.25) is 10.0 Å². The maximum Gasteiger partial charge on any atom is 0.238 e. The van der Waals surface area contributed by atoms with Crippen LogP contribution in [-0.4, -0.2) is 8.42 Å². The highest BCUT2D eigenvalue weighted by Gasteiger charge is 2.22. The summed E-state index contributed by atoms with van der Waals surface area (Å²) in [4.78, 5) is 0.137. The molecular formula is C12H18ClNO2S.